The van der Waals surface area contributed by atoms with Crippen molar-refractivity contribution in [3.63, 3.8) is 0 Å². The molecule has 0 aliphatic carbocycles. The van der Waals surface area contributed by atoms with Crippen LogP contribution in [0.3, 0.4) is 0 Å². The van der Waals surface area contributed by atoms with Crippen LogP contribution in [-0.2, 0) is 44.6 Å². The van der Waals surface area contributed by atoms with E-state index in [9.17, 15) is 32.6 Å². The van der Waals surface area contributed by atoms with Gasteiger partial charge in [0.2, 0.25) is 0 Å². The monoisotopic (exact) mass is 892 g/mol. The van der Waals surface area contributed by atoms with Gasteiger partial charge in [0.1, 0.15) is 42.0 Å². The number of methoxy groups -OCH3 is 1. The van der Waals surface area contributed by atoms with Crippen molar-refractivity contribution in [1.82, 2.24) is 29.8 Å². The molecule has 344 valence electrons. The van der Waals surface area contributed by atoms with Gasteiger partial charge in [-0.1, -0.05) is 44.7 Å². The Morgan fingerprint density at radius 3 is 2.32 bits per heavy atom. The van der Waals surface area contributed by atoms with E-state index in [0.717, 1.165) is 0 Å². The molecule has 0 spiro atoms. The Kier molecular flexibility index (Phi) is 17.6. The van der Waals surface area contributed by atoms with Gasteiger partial charge < -0.3 is 33.7 Å². The number of ether oxygens (including phenoxy) is 5. The van der Waals surface area contributed by atoms with Crippen LogP contribution in [0.1, 0.15) is 74.7 Å². The molecule has 3 unspecified atom stereocenters. The quantitative estimate of drug-likeness (QED) is 0.214. The number of halogens is 2. The Balaban J connectivity index is 0.00000273. The zero-order valence-electron chi connectivity index (χ0n) is 37.7. The minimum Gasteiger partial charge on any atom is -0.458 e. The molecule has 3 aliphatic heterocycles. The summed E-state index contributed by atoms with van der Waals surface area (Å²) in [6.45, 7) is 13.5. The van der Waals surface area contributed by atoms with Crippen LogP contribution in [0, 0.1) is 41.3 Å². The van der Waals surface area contributed by atoms with Crippen molar-refractivity contribution in [3.05, 3.63) is 30.3 Å². The third kappa shape index (κ3) is 11.2. The normalized spacial score (nSPS) is 34.6. The number of nitrogens with zero attached hydrogens (tertiary/aromatic N) is 6. The van der Waals surface area contributed by atoms with Gasteiger partial charge in [-0.25, -0.2) is 13.9 Å². The predicted molar refractivity (Wildman–Crippen MR) is 225 cm³/mol. The smallest absolute Gasteiger partial charge is 0.411 e. The van der Waals surface area contributed by atoms with Crippen LogP contribution < -0.4 is 0 Å². The molecule has 13 atom stereocenters. The molecule has 5 heterocycles. The maximum Gasteiger partial charge on any atom is 0.411 e. The van der Waals surface area contributed by atoms with E-state index in [0.29, 0.717) is 17.8 Å². The van der Waals surface area contributed by atoms with Crippen molar-refractivity contribution in [1.29, 1.82) is 0 Å². The summed E-state index contributed by atoms with van der Waals surface area (Å²) in [4.78, 5) is 64.0. The molecule has 0 saturated carbocycles. The number of hydrogen-bond donors (Lipinski definition) is 1. The van der Waals surface area contributed by atoms with Crippen molar-refractivity contribution < 1.29 is 56.2 Å². The third-order valence-electron chi connectivity index (χ3n) is 12.3. The second kappa shape index (κ2) is 21.5. The number of ketones is 2. The molecular formula is C43H62F2N6O10S. The van der Waals surface area contributed by atoms with Crippen LogP contribution in [-0.4, -0.2) is 147 Å². The number of cyclic esters (lactones) is 1. The van der Waals surface area contributed by atoms with Crippen LogP contribution >= 0.6 is 12.1 Å². The molecule has 3 saturated heterocycles. The Morgan fingerprint density at radius 2 is 1.71 bits per heavy atom. The fourth-order valence-corrected chi connectivity index (χ4v) is 8.96. The highest BCUT2D eigenvalue weighted by atomic mass is 32.2. The average Bonchev–Trinajstić information content (AvgIpc) is 3.81. The summed E-state index contributed by atoms with van der Waals surface area (Å²) < 4.78 is 56.4. The Labute approximate surface area is 367 Å². The van der Waals surface area contributed by atoms with Gasteiger partial charge in [0.05, 0.1) is 42.3 Å². The number of pyridine rings is 1. The number of fused-ring (bicyclic) bond motifs is 1. The number of carbonyl (C=O) groups is 4. The maximum absolute atomic E-state index is 14.7. The number of carbonyl (C=O) groups excluding carboxylic acids is 4. The van der Waals surface area contributed by atoms with E-state index >= 15 is 0 Å². The maximum atomic E-state index is 14.7. The molecule has 5 rings (SSSR count). The van der Waals surface area contributed by atoms with E-state index < -0.39 is 89.2 Å². The largest absolute Gasteiger partial charge is 0.458 e. The van der Waals surface area contributed by atoms with Crippen molar-refractivity contribution in [2.24, 2.45) is 23.7 Å². The van der Waals surface area contributed by atoms with Crippen LogP contribution in [0.4, 0.5) is 13.1 Å². The standard InChI is InChI=1S/C42H59FN6O10.CH3FS/c1-12-32-42(8)36(49(40(54)59-42)18-14-13-17-48-22-30(45-46-48)29-20-28(43)15-16-44-29)25(4)33(50)23(2)21-41(7,55-11)37(26(5)34(51)27(6)38(53)57-32)58-39-35(52)31(47(9)10)19-24(3)56-39;1-3-2/h15-16,20,22-27,31-32,35-37,39,52H,12,17-19,21H2,1-11H3;1H3/t23-,24?,25+,26+,27-,31?,32-,35?,36-,37-,39+,41-,42-;/m1./s1. The molecule has 0 radical (unpaired) electrons. The zero-order chi connectivity index (χ0) is 46.3. The summed E-state index contributed by atoms with van der Waals surface area (Å²) >= 11 is 0.250. The fourth-order valence-electron chi connectivity index (χ4n) is 8.96. The van der Waals surface area contributed by atoms with Gasteiger partial charge in [-0.05, 0) is 67.1 Å². The molecular weight excluding hydrogens is 831 g/mol. The Hall–Kier alpha value is -4.06. The number of rotatable bonds is 8. The molecule has 62 heavy (non-hydrogen) atoms. The van der Waals surface area contributed by atoms with Crippen LogP contribution in [0.25, 0.3) is 11.4 Å². The first-order valence-electron chi connectivity index (χ1n) is 20.8. The molecule has 3 fully saturated rings. The summed E-state index contributed by atoms with van der Waals surface area (Å²) in [6, 6.07) is 1.22. The summed E-state index contributed by atoms with van der Waals surface area (Å²) in [7, 11) is 5.17. The number of aliphatic hydroxyl groups excluding tert-OH is 1. The lowest BCUT2D eigenvalue weighted by atomic mass is 9.73. The number of esters is 1. The highest BCUT2D eigenvalue weighted by Gasteiger charge is 2.60. The molecule has 1 N–H and O–H groups in total. The van der Waals surface area contributed by atoms with Crippen molar-refractivity contribution in [2.75, 3.05) is 34.0 Å². The van der Waals surface area contributed by atoms with Gasteiger partial charge in [0, 0.05) is 61.6 Å². The van der Waals surface area contributed by atoms with Crippen LogP contribution in [0.15, 0.2) is 24.5 Å². The second-order valence-electron chi connectivity index (χ2n) is 17.0. The van der Waals surface area contributed by atoms with Gasteiger partial charge in [-0.15, -0.1) is 5.10 Å². The van der Waals surface area contributed by atoms with Crippen LogP contribution in [0.5, 0.6) is 0 Å². The lowest BCUT2D eigenvalue weighted by Crippen LogP contribution is -2.60. The van der Waals surface area contributed by atoms with E-state index in [-0.39, 0.29) is 56.0 Å². The molecule has 0 aromatic carbocycles. The van der Waals surface area contributed by atoms with E-state index in [1.54, 1.807) is 47.7 Å². The Morgan fingerprint density at radius 1 is 1.05 bits per heavy atom. The van der Waals surface area contributed by atoms with Crippen molar-refractivity contribution in [3.8, 4) is 23.2 Å². The molecule has 3 aliphatic rings. The summed E-state index contributed by atoms with van der Waals surface area (Å²) in [5.74, 6) is 0.0909. The van der Waals surface area contributed by atoms with Gasteiger partial charge in [-0.3, -0.25) is 24.3 Å². The molecule has 16 nitrogen and oxygen atoms in total. The third-order valence-corrected chi connectivity index (χ3v) is 12.3. The lowest BCUT2D eigenvalue weighted by molar-refractivity contribution is -0.295. The zero-order valence-corrected chi connectivity index (χ0v) is 38.5. The van der Waals surface area contributed by atoms with Gasteiger partial charge in [0.15, 0.2) is 17.7 Å². The van der Waals surface area contributed by atoms with Gasteiger partial charge >= 0.3 is 12.1 Å². The minimum atomic E-state index is -1.51. The highest BCUT2D eigenvalue weighted by Crippen LogP contribution is 2.43. The average molecular weight is 893 g/mol. The number of Topliss-reactive ketones (excluding diaryl/α,β-unsaturated/α-hetero) is 2. The van der Waals surface area contributed by atoms with E-state index in [4.69, 9.17) is 23.7 Å². The number of aromatic nitrogens is 4. The van der Waals surface area contributed by atoms with Crippen LogP contribution in [0.2, 0.25) is 0 Å². The van der Waals surface area contributed by atoms with Gasteiger partial charge in [0.25, 0.3) is 0 Å². The highest BCUT2D eigenvalue weighted by molar-refractivity contribution is 7.93. The number of hydrogen-bond acceptors (Lipinski definition) is 15. The molecule has 2 aromatic rings. The first kappa shape index (κ1) is 50.6. The summed E-state index contributed by atoms with van der Waals surface area (Å²) in [5, 5.41) is 19.5. The number of likely N-dealkylation sites (N-methyl/N-ethyl adjacent to an activating group) is 1. The van der Waals surface area contributed by atoms with E-state index in [1.807, 2.05) is 25.9 Å². The molecule has 1 amide bonds. The second-order valence-corrected chi connectivity index (χ2v) is 17.3. The topological polar surface area (TPSA) is 185 Å². The minimum absolute atomic E-state index is 0.0730. The SMILES string of the molecule is CC[C@H]1OC(=O)[C@H](C)C(=O)[C@H](C)[C@@H](O[C@@H]2OC(C)CC(N(C)C)C2O)[C@](C)(OC)C[C@@H](C)C(=O)[C@H](C)[C@H]2N(CC#CCn3cc(-c4cc(F)ccn4)nn3)C(=O)O[C@]12C.CSF. The summed E-state index contributed by atoms with van der Waals surface area (Å²) in [5.41, 5.74) is -2.17. The van der Waals surface area contributed by atoms with E-state index in [1.165, 1.54) is 48.2 Å². The first-order chi connectivity index (χ1) is 29.2. The van der Waals surface area contributed by atoms with Gasteiger partial charge in [-0.2, -0.15) is 3.89 Å². The number of aliphatic hydroxyl groups is 1. The lowest BCUT2D eigenvalue weighted by Gasteiger charge is -2.47. The predicted octanol–water partition coefficient (Wildman–Crippen LogP) is 4.92. The van der Waals surface area contributed by atoms with Crippen molar-refractivity contribution in [2.45, 2.75) is 135 Å². The number of amides is 1. The molecule has 0 bridgehead atoms. The molecule has 2 aromatic heterocycles. The summed E-state index contributed by atoms with van der Waals surface area (Å²) in [6.07, 6.45) is -0.297. The Bertz CT molecular complexity index is 1950. The van der Waals surface area contributed by atoms with Crippen molar-refractivity contribution >= 4 is 35.8 Å². The molecule has 19 heteroatoms. The fraction of sp³-hybridized carbons (Fsp3) is 0.698. The van der Waals surface area contributed by atoms with E-state index in [2.05, 4.69) is 27.1 Å². The first-order valence-corrected chi connectivity index (χ1v) is 21.9.